The lowest BCUT2D eigenvalue weighted by Crippen LogP contribution is -2.57. The Labute approximate surface area is 259 Å². The average molecular weight is 612 g/mol. The van der Waals surface area contributed by atoms with Crippen LogP contribution >= 0.6 is 0 Å². The molecule has 2 aromatic carbocycles. The van der Waals surface area contributed by atoms with E-state index in [1.54, 1.807) is 36.2 Å². The van der Waals surface area contributed by atoms with Crippen molar-refractivity contribution in [3.8, 4) is 5.75 Å². The zero-order valence-corrected chi connectivity index (χ0v) is 26.4. The van der Waals surface area contributed by atoms with E-state index in [2.05, 4.69) is 10.6 Å². The fraction of sp³-hybridized carbons (Fsp3) is 0.515. The SMILES string of the molecule is CN1CCCC(N(C)C(=O)[C@@H](N)Cc2ccc(F)cc2)C(=O)NC(Cc2ccc(O)c(C(C)(C)C)c2)C(=O)NCCCC1=O. The number of halogens is 1. The van der Waals surface area contributed by atoms with Gasteiger partial charge in [-0.1, -0.05) is 45.0 Å². The third kappa shape index (κ3) is 9.51. The Hall–Kier alpha value is -3.99. The van der Waals surface area contributed by atoms with Gasteiger partial charge in [-0.05, 0) is 66.0 Å². The minimum Gasteiger partial charge on any atom is -0.508 e. The number of nitrogens with zero attached hydrogens (tertiary/aromatic N) is 2. The molecule has 0 spiro atoms. The van der Waals surface area contributed by atoms with Crippen LogP contribution < -0.4 is 16.4 Å². The Morgan fingerprint density at radius 2 is 1.75 bits per heavy atom. The van der Waals surface area contributed by atoms with Crippen molar-refractivity contribution in [2.45, 2.75) is 82.8 Å². The number of nitrogens with one attached hydrogen (secondary N) is 2. The summed E-state index contributed by atoms with van der Waals surface area (Å²) in [4.78, 5) is 56.1. The topological polar surface area (TPSA) is 145 Å². The van der Waals surface area contributed by atoms with Gasteiger partial charge in [0.05, 0.1) is 6.04 Å². The second kappa shape index (κ2) is 15.1. The van der Waals surface area contributed by atoms with Crippen LogP contribution in [0.25, 0.3) is 0 Å². The molecule has 0 bridgehead atoms. The average Bonchev–Trinajstić information content (AvgIpc) is 2.97. The first kappa shape index (κ1) is 34.5. The van der Waals surface area contributed by atoms with E-state index in [0.29, 0.717) is 30.5 Å². The fourth-order valence-corrected chi connectivity index (χ4v) is 5.31. The first-order valence-electron chi connectivity index (χ1n) is 15.1. The largest absolute Gasteiger partial charge is 0.508 e. The van der Waals surface area contributed by atoms with Crippen molar-refractivity contribution in [3.63, 3.8) is 0 Å². The summed E-state index contributed by atoms with van der Waals surface area (Å²) in [7, 11) is 3.19. The van der Waals surface area contributed by atoms with Crippen molar-refractivity contribution in [2.75, 3.05) is 27.2 Å². The van der Waals surface area contributed by atoms with Crippen molar-refractivity contribution >= 4 is 23.6 Å². The van der Waals surface area contributed by atoms with E-state index in [0.717, 1.165) is 5.56 Å². The minimum atomic E-state index is -0.984. The van der Waals surface area contributed by atoms with Crippen LogP contribution in [-0.4, -0.2) is 83.8 Å². The highest BCUT2D eigenvalue weighted by molar-refractivity contribution is 5.93. The number of phenolic OH excluding ortho intramolecular Hbond substituents is 1. The van der Waals surface area contributed by atoms with Crippen LogP contribution in [-0.2, 0) is 37.4 Å². The summed E-state index contributed by atoms with van der Waals surface area (Å²) in [5.74, 6) is -1.73. The lowest BCUT2D eigenvalue weighted by atomic mass is 9.84. The van der Waals surface area contributed by atoms with Gasteiger partial charge in [-0.25, -0.2) is 4.39 Å². The Balaban J connectivity index is 1.88. The molecule has 0 radical (unpaired) electrons. The number of nitrogens with two attached hydrogens (primary N) is 1. The summed E-state index contributed by atoms with van der Waals surface area (Å²) in [5.41, 5.74) is 8.03. The molecule has 3 rings (SSSR count). The normalized spacial score (nSPS) is 19.9. The molecule has 3 atom stereocenters. The first-order valence-corrected chi connectivity index (χ1v) is 15.1. The van der Waals surface area contributed by atoms with Crippen LogP contribution in [0.15, 0.2) is 42.5 Å². The number of phenols is 1. The van der Waals surface area contributed by atoms with Gasteiger partial charge in [-0.2, -0.15) is 0 Å². The van der Waals surface area contributed by atoms with E-state index in [9.17, 15) is 28.7 Å². The van der Waals surface area contributed by atoms with E-state index in [4.69, 9.17) is 5.73 Å². The van der Waals surface area contributed by atoms with Gasteiger partial charge >= 0.3 is 0 Å². The van der Waals surface area contributed by atoms with Crippen LogP contribution in [0.4, 0.5) is 4.39 Å². The predicted octanol–water partition coefficient (Wildman–Crippen LogP) is 2.40. The molecule has 0 aromatic heterocycles. The number of benzene rings is 2. The third-order valence-electron chi connectivity index (χ3n) is 8.01. The molecular formula is C33H46FN5O5. The summed E-state index contributed by atoms with van der Waals surface area (Å²) in [6.07, 6.45) is 1.69. The maximum atomic E-state index is 13.8. The van der Waals surface area contributed by atoms with Crippen LogP contribution in [0, 0.1) is 5.82 Å². The van der Waals surface area contributed by atoms with Crippen molar-refractivity contribution < 1.29 is 28.7 Å². The number of hydrogen-bond acceptors (Lipinski definition) is 6. The van der Waals surface area contributed by atoms with Gasteiger partial charge < -0.3 is 31.3 Å². The number of carbonyl (C=O) groups excluding carboxylic acids is 4. The van der Waals surface area contributed by atoms with Crippen molar-refractivity contribution in [1.29, 1.82) is 0 Å². The summed E-state index contributed by atoms with van der Waals surface area (Å²) in [5, 5.41) is 16.1. The molecule has 4 amide bonds. The number of likely N-dealkylation sites (N-methyl/N-ethyl adjacent to an activating group) is 1. The molecular weight excluding hydrogens is 565 g/mol. The van der Waals surface area contributed by atoms with E-state index in [1.807, 2.05) is 26.8 Å². The summed E-state index contributed by atoms with van der Waals surface area (Å²) < 4.78 is 13.4. The van der Waals surface area contributed by atoms with Gasteiger partial charge in [0.25, 0.3) is 0 Å². The molecule has 1 aliphatic rings. The fourth-order valence-electron chi connectivity index (χ4n) is 5.31. The van der Waals surface area contributed by atoms with Crippen LogP contribution in [0.3, 0.4) is 0 Å². The molecule has 2 unspecified atom stereocenters. The number of rotatable bonds is 6. The molecule has 1 fully saturated rings. The Kier molecular flexibility index (Phi) is 11.9. The van der Waals surface area contributed by atoms with Gasteiger partial charge in [-0.3, -0.25) is 19.2 Å². The zero-order valence-electron chi connectivity index (χ0n) is 26.4. The smallest absolute Gasteiger partial charge is 0.243 e. The predicted molar refractivity (Wildman–Crippen MR) is 166 cm³/mol. The van der Waals surface area contributed by atoms with E-state index >= 15 is 0 Å². The van der Waals surface area contributed by atoms with Gasteiger partial charge in [0.2, 0.25) is 23.6 Å². The van der Waals surface area contributed by atoms with Crippen molar-refractivity contribution in [3.05, 3.63) is 65.0 Å². The highest BCUT2D eigenvalue weighted by Gasteiger charge is 2.33. The standard InChI is InChI=1S/C33H46FN5O5/c1-33(2,3)24-18-22(12-15-28(24)40)20-26-30(42)36-16-6-9-29(41)38(4)17-7-8-27(31(43)37-26)39(5)32(44)25(35)19-21-10-13-23(34)14-11-21/h10-15,18,25-27,40H,6-9,16-17,19-20,35H2,1-5H3,(H,36,42)(H,37,43)/t25-,26?,27?/m0/s1. The number of amides is 4. The highest BCUT2D eigenvalue weighted by atomic mass is 19.1. The summed E-state index contributed by atoms with van der Waals surface area (Å²) >= 11 is 0. The summed E-state index contributed by atoms with van der Waals surface area (Å²) in [6, 6.07) is 7.91. The molecule has 5 N–H and O–H groups in total. The maximum Gasteiger partial charge on any atom is 0.243 e. The maximum absolute atomic E-state index is 13.8. The molecule has 10 nitrogen and oxygen atoms in total. The highest BCUT2D eigenvalue weighted by Crippen LogP contribution is 2.31. The van der Waals surface area contributed by atoms with Gasteiger partial charge in [0.15, 0.2) is 0 Å². The molecule has 240 valence electrons. The number of aromatic hydroxyl groups is 1. The molecule has 2 aromatic rings. The Morgan fingerprint density at radius 1 is 1.09 bits per heavy atom. The van der Waals surface area contributed by atoms with Gasteiger partial charge in [0, 0.05) is 40.0 Å². The minimum absolute atomic E-state index is 0.0709. The molecule has 1 heterocycles. The molecule has 0 saturated carbocycles. The monoisotopic (exact) mass is 611 g/mol. The Morgan fingerprint density at radius 3 is 2.41 bits per heavy atom. The third-order valence-corrected chi connectivity index (χ3v) is 8.01. The zero-order chi connectivity index (χ0) is 32.6. The molecule has 11 heteroatoms. The van der Waals surface area contributed by atoms with Crippen molar-refractivity contribution in [2.24, 2.45) is 5.73 Å². The Bertz CT molecular complexity index is 1330. The van der Waals surface area contributed by atoms with E-state index in [-0.39, 0.29) is 49.3 Å². The van der Waals surface area contributed by atoms with Gasteiger partial charge in [-0.15, -0.1) is 0 Å². The van der Waals surface area contributed by atoms with Crippen LogP contribution in [0.5, 0.6) is 5.75 Å². The van der Waals surface area contributed by atoms with Crippen LogP contribution in [0.1, 0.15) is 63.1 Å². The van der Waals surface area contributed by atoms with Crippen LogP contribution in [0.2, 0.25) is 0 Å². The number of hydrogen-bond donors (Lipinski definition) is 4. The first-order chi connectivity index (χ1) is 20.7. The quantitative estimate of drug-likeness (QED) is 0.395. The lowest BCUT2D eigenvalue weighted by molar-refractivity contribution is -0.141. The molecule has 1 aliphatic heterocycles. The summed E-state index contributed by atoms with van der Waals surface area (Å²) in [6.45, 7) is 6.56. The molecule has 1 saturated heterocycles. The molecule has 0 aliphatic carbocycles. The second-order valence-corrected chi connectivity index (χ2v) is 12.6. The van der Waals surface area contributed by atoms with E-state index < -0.39 is 41.7 Å². The lowest BCUT2D eigenvalue weighted by Gasteiger charge is -2.32. The molecule has 44 heavy (non-hydrogen) atoms. The second-order valence-electron chi connectivity index (χ2n) is 12.6. The number of carbonyl (C=O) groups is 4. The van der Waals surface area contributed by atoms with E-state index in [1.165, 1.54) is 24.1 Å². The van der Waals surface area contributed by atoms with Crippen molar-refractivity contribution in [1.82, 2.24) is 20.4 Å². The van der Waals surface area contributed by atoms with Gasteiger partial charge in [0.1, 0.15) is 23.7 Å².